The van der Waals surface area contributed by atoms with E-state index in [9.17, 15) is 0 Å². The van der Waals surface area contributed by atoms with Crippen LogP contribution in [0.1, 0.15) is 30.0 Å². The lowest BCUT2D eigenvalue weighted by Crippen LogP contribution is -2.13. The van der Waals surface area contributed by atoms with Gasteiger partial charge < -0.3 is 9.84 Å². The van der Waals surface area contributed by atoms with Crippen molar-refractivity contribution in [1.29, 1.82) is 0 Å². The van der Waals surface area contributed by atoms with Gasteiger partial charge in [-0.15, -0.1) is 0 Å². The van der Waals surface area contributed by atoms with Crippen molar-refractivity contribution in [1.82, 2.24) is 15.1 Å². The van der Waals surface area contributed by atoms with Crippen LogP contribution >= 0.6 is 0 Å². The molecule has 0 fully saturated rings. The van der Waals surface area contributed by atoms with E-state index in [1.165, 1.54) is 0 Å². The molecule has 2 atom stereocenters. The highest BCUT2D eigenvalue weighted by atomic mass is 16.5. The Morgan fingerprint density at radius 2 is 2.04 bits per heavy atom. The molecule has 0 saturated heterocycles. The van der Waals surface area contributed by atoms with Crippen LogP contribution in [0.4, 0.5) is 11.6 Å². The van der Waals surface area contributed by atoms with E-state index in [4.69, 9.17) is 9.51 Å². The van der Waals surface area contributed by atoms with E-state index in [1.54, 1.807) is 6.20 Å². The Labute approximate surface area is 158 Å². The number of hydrogen-bond acceptors (Lipinski definition) is 6. The zero-order valence-corrected chi connectivity index (χ0v) is 15.5. The number of benzene rings is 1. The van der Waals surface area contributed by atoms with Gasteiger partial charge in [0.2, 0.25) is 5.95 Å². The highest BCUT2D eigenvalue weighted by Crippen LogP contribution is 2.30. The number of aromatic nitrogens is 3. The van der Waals surface area contributed by atoms with E-state index in [-0.39, 0.29) is 5.92 Å². The molecule has 0 saturated carbocycles. The first-order chi connectivity index (χ1) is 13.1. The number of nitrogens with zero attached hydrogens (tertiary/aromatic N) is 4. The minimum atomic E-state index is 0.208. The normalized spacial score (nSPS) is 18.6. The molecule has 136 valence electrons. The molecule has 4 rings (SSSR count). The van der Waals surface area contributed by atoms with Crippen LogP contribution in [-0.2, 0) is 0 Å². The fourth-order valence-corrected chi connectivity index (χ4v) is 3.36. The third-order valence-corrected chi connectivity index (χ3v) is 4.73. The summed E-state index contributed by atoms with van der Waals surface area (Å²) in [4.78, 5) is 13.3. The van der Waals surface area contributed by atoms with E-state index in [1.807, 2.05) is 50.5 Å². The van der Waals surface area contributed by atoms with E-state index >= 15 is 0 Å². The molecule has 0 radical (unpaired) electrons. The summed E-state index contributed by atoms with van der Waals surface area (Å²) in [6, 6.07) is 10.0. The van der Waals surface area contributed by atoms with E-state index in [2.05, 4.69) is 39.5 Å². The van der Waals surface area contributed by atoms with Gasteiger partial charge in [0.1, 0.15) is 5.76 Å². The van der Waals surface area contributed by atoms with Crippen molar-refractivity contribution in [2.75, 3.05) is 5.32 Å². The largest absolute Gasteiger partial charge is 0.361 e. The standard InChI is InChI=1S/C21H21N5O/c1-13-12-22-9-7-18(13)19-8-10-23-21(25-19)24-17-6-4-5-16(11-17)20-14(2)26-27-15(20)3/h4-13,18H,1-3H3,(H,23,24,25). The first-order valence-corrected chi connectivity index (χ1v) is 8.95. The second-order valence-electron chi connectivity index (χ2n) is 6.73. The summed E-state index contributed by atoms with van der Waals surface area (Å²) in [6.07, 6.45) is 7.64. The van der Waals surface area contributed by atoms with Crippen molar-refractivity contribution >= 4 is 17.9 Å². The first kappa shape index (κ1) is 17.1. The lowest BCUT2D eigenvalue weighted by atomic mass is 9.90. The molecule has 0 bridgehead atoms. The van der Waals surface area contributed by atoms with Crippen molar-refractivity contribution in [3.8, 4) is 11.1 Å². The molecular weight excluding hydrogens is 338 g/mol. The molecule has 1 N–H and O–H groups in total. The molecule has 0 aliphatic carbocycles. The molecule has 1 aromatic carbocycles. The lowest BCUT2D eigenvalue weighted by molar-refractivity contribution is 0.393. The first-order valence-electron chi connectivity index (χ1n) is 8.95. The third kappa shape index (κ3) is 3.51. The fraction of sp³-hybridized carbons (Fsp3) is 0.238. The van der Waals surface area contributed by atoms with Crippen LogP contribution in [-0.4, -0.2) is 21.3 Å². The van der Waals surface area contributed by atoms with Gasteiger partial charge in [-0.25, -0.2) is 9.97 Å². The summed E-state index contributed by atoms with van der Waals surface area (Å²) in [5, 5.41) is 7.35. The van der Waals surface area contributed by atoms with Crippen LogP contribution in [0.5, 0.6) is 0 Å². The summed E-state index contributed by atoms with van der Waals surface area (Å²) in [7, 11) is 0. The molecule has 3 heterocycles. The summed E-state index contributed by atoms with van der Waals surface area (Å²) < 4.78 is 5.29. The Morgan fingerprint density at radius 3 is 2.81 bits per heavy atom. The molecule has 2 aromatic heterocycles. The van der Waals surface area contributed by atoms with Gasteiger partial charge in [-0.3, -0.25) is 4.99 Å². The van der Waals surface area contributed by atoms with Crippen molar-refractivity contribution < 1.29 is 4.52 Å². The molecule has 6 heteroatoms. The summed E-state index contributed by atoms with van der Waals surface area (Å²) in [5.41, 5.74) is 4.84. The van der Waals surface area contributed by atoms with E-state index < -0.39 is 0 Å². The van der Waals surface area contributed by atoms with Crippen LogP contribution in [0, 0.1) is 19.8 Å². The fourth-order valence-electron chi connectivity index (χ4n) is 3.36. The molecule has 1 aliphatic heterocycles. The van der Waals surface area contributed by atoms with Crippen LogP contribution in [0.25, 0.3) is 11.1 Å². The lowest BCUT2D eigenvalue weighted by Gasteiger charge is -2.19. The Hall–Kier alpha value is -3.28. The second kappa shape index (κ2) is 7.15. The predicted molar refractivity (Wildman–Crippen MR) is 106 cm³/mol. The number of aryl methyl sites for hydroxylation is 2. The van der Waals surface area contributed by atoms with Crippen molar-refractivity contribution in [3.63, 3.8) is 0 Å². The Kier molecular flexibility index (Phi) is 4.54. The topological polar surface area (TPSA) is 76.2 Å². The maximum Gasteiger partial charge on any atom is 0.227 e. The Morgan fingerprint density at radius 1 is 1.15 bits per heavy atom. The zero-order chi connectivity index (χ0) is 18.8. The highest BCUT2D eigenvalue weighted by Gasteiger charge is 2.19. The predicted octanol–water partition coefficient (Wildman–Crippen LogP) is 4.81. The smallest absolute Gasteiger partial charge is 0.227 e. The minimum absolute atomic E-state index is 0.208. The van der Waals surface area contributed by atoms with Gasteiger partial charge >= 0.3 is 0 Å². The molecule has 1 aliphatic rings. The maximum atomic E-state index is 5.29. The molecule has 2 unspecified atom stereocenters. The summed E-state index contributed by atoms with van der Waals surface area (Å²) in [6.45, 7) is 6.00. The van der Waals surface area contributed by atoms with Crippen LogP contribution in [0.2, 0.25) is 0 Å². The summed E-state index contributed by atoms with van der Waals surface area (Å²) >= 11 is 0. The average molecular weight is 359 g/mol. The van der Waals surface area contributed by atoms with Crippen molar-refractivity contribution in [2.24, 2.45) is 10.9 Å². The van der Waals surface area contributed by atoms with Gasteiger partial charge in [-0.2, -0.15) is 0 Å². The number of nitrogens with one attached hydrogen (secondary N) is 1. The van der Waals surface area contributed by atoms with Gasteiger partial charge in [0.15, 0.2) is 0 Å². The van der Waals surface area contributed by atoms with Crippen molar-refractivity contribution in [3.05, 3.63) is 66.0 Å². The van der Waals surface area contributed by atoms with Crippen LogP contribution in [0.15, 0.2) is 58.3 Å². The van der Waals surface area contributed by atoms with E-state index in [0.717, 1.165) is 34.0 Å². The Balaban J connectivity index is 1.60. The minimum Gasteiger partial charge on any atom is -0.361 e. The van der Waals surface area contributed by atoms with Gasteiger partial charge in [0, 0.05) is 41.7 Å². The number of aliphatic imine (C=N–C) groups is 1. The molecule has 6 nitrogen and oxygen atoms in total. The average Bonchev–Trinajstić information content (AvgIpc) is 3.01. The number of allylic oxidation sites excluding steroid dienone is 1. The van der Waals surface area contributed by atoms with Gasteiger partial charge in [0.05, 0.1) is 11.4 Å². The van der Waals surface area contributed by atoms with Crippen LogP contribution < -0.4 is 5.32 Å². The van der Waals surface area contributed by atoms with Gasteiger partial charge in [0.25, 0.3) is 0 Å². The van der Waals surface area contributed by atoms with Gasteiger partial charge in [-0.05, 0) is 37.6 Å². The third-order valence-electron chi connectivity index (χ3n) is 4.73. The second-order valence-corrected chi connectivity index (χ2v) is 6.73. The highest BCUT2D eigenvalue weighted by molar-refractivity contribution is 5.72. The zero-order valence-electron chi connectivity index (χ0n) is 15.5. The van der Waals surface area contributed by atoms with Crippen LogP contribution in [0.3, 0.4) is 0 Å². The molecule has 0 spiro atoms. The Bertz CT molecular complexity index is 1000. The monoisotopic (exact) mass is 359 g/mol. The molecular formula is C21H21N5O. The number of hydrogen-bond donors (Lipinski definition) is 1. The van der Waals surface area contributed by atoms with Crippen molar-refractivity contribution in [2.45, 2.75) is 26.7 Å². The SMILES string of the molecule is Cc1noc(C)c1-c1cccc(Nc2nccc(C3C=CN=CC3C)n2)c1. The molecule has 0 amide bonds. The molecule has 3 aromatic rings. The number of anilines is 2. The van der Waals surface area contributed by atoms with Gasteiger partial charge in [-0.1, -0.05) is 30.3 Å². The molecule has 27 heavy (non-hydrogen) atoms. The maximum absolute atomic E-state index is 5.29. The van der Waals surface area contributed by atoms with E-state index in [0.29, 0.717) is 11.9 Å². The number of rotatable bonds is 4. The summed E-state index contributed by atoms with van der Waals surface area (Å²) in [5.74, 6) is 1.90. The quantitative estimate of drug-likeness (QED) is 0.723.